The number of nitrogens with one attached hydrogen (secondary N) is 1. The van der Waals surface area contributed by atoms with Crippen LogP contribution in [0.15, 0.2) is 59.5 Å². The van der Waals surface area contributed by atoms with Gasteiger partial charge in [-0.05, 0) is 81.1 Å². The second kappa shape index (κ2) is 19.5. The number of nitrogens with zero attached hydrogens (tertiary/aromatic N) is 2. The highest BCUT2D eigenvalue weighted by atomic mass is 32.2. The molecular formula is C40H59N3O8S2. The van der Waals surface area contributed by atoms with E-state index in [0.717, 1.165) is 42.7 Å². The monoisotopic (exact) mass is 773 g/mol. The molecule has 0 bridgehead atoms. The van der Waals surface area contributed by atoms with Crippen molar-refractivity contribution < 1.29 is 39.1 Å². The van der Waals surface area contributed by atoms with E-state index in [4.69, 9.17) is 14.2 Å². The average Bonchev–Trinajstić information content (AvgIpc) is 3.38. The number of aliphatic hydroxyl groups excluding tert-OH is 3. The lowest BCUT2D eigenvalue weighted by Crippen LogP contribution is -2.66. The molecule has 3 unspecified atom stereocenters. The quantitative estimate of drug-likeness (QED) is 0.203. The SMILES string of the molecule is CSC1O[C@H]([C@H](NC(=O)C2[C@@H]3OCC[C@@H](CC(C)C)C[C@H]3CN2C(=O)OCc2ccccc2)[C@H](C)Sc2ccc(CCN(C)C)cc2)C(O)[C@@H](O)[C@H]1O. The maximum atomic E-state index is 14.7. The number of amides is 2. The molecular weight excluding hydrogens is 715 g/mol. The predicted octanol–water partition coefficient (Wildman–Crippen LogP) is 4.41. The number of likely N-dealkylation sites (N-methyl/N-ethyl adjacent to an activating group) is 1. The van der Waals surface area contributed by atoms with Crippen LogP contribution in [0.5, 0.6) is 0 Å². The third-order valence-corrected chi connectivity index (χ3v) is 12.7. The number of hydrogen-bond donors (Lipinski definition) is 4. The van der Waals surface area contributed by atoms with Gasteiger partial charge in [-0.3, -0.25) is 9.69 Å². The second-order valence-corrected chi connectivity index (χ2v) is 17.9. The van der Waals surface area contributed by atoms with Gasteiger partial charge >= 0.3 is 6.09 Å². The van der Waals surface area contributed by atoms with Crippen LogP contribution in [-0.4, -0.2) is 130 Å². The zero-order valence-electron chi connectivity index (χ0n) is 31.9. The Hall–Kier alpha value is -2.36. The molecule has 0 aromatic heterocycles. The van der Waals surface area contributed by atoms with Gasteiger partial charge in [-0.2, -0.15) is 0 Å². The van der Waals surface area contributed by atoms with Gasteiger partial charge in [0.1, 0.15) is 42.5 Å². The second-order valence-electron chi connectivity index (χ2n) is 15.5. The van der Waals surface area contributed by atoms with E-state index in [1.54, 1.807) is 6.26 Å². The molecule has 5 rings (SSSR count). The van der Waals surface area contributed by atoms with Crippen LogP contribution in [-0.2, 0) is 32.0 Å². The third kappa shape index (κ3) is 10.9. The Morgan fingerprint density at radius 1 is 1.00 bits per heavy atom. The van der Waals surface area contributed by atoms with Crippen LogP contribution in [0.4, 0.5) is 4.79 Å². The largest absolute Gasteiger partial charge is 0.445 e. The zero-order chi connectivity index (χ0) is 38.2. The Morgan fingerprint density at radius 2 is 1.72 bits per heavy atom. The summed E-state index contributed by atoms with van der Waals surface area (Å²) in [6.07, 6.45) is -1.03. The Labute approximate surface area is 323 Å². The molecule has 3 aliphatic heterocycles. The van der Waals surface area contributed by atoms with Crippen molar-refractivity contribution in [2.45, 2.75) is 111 Å². The van der Waals surface area contributed by atoms with Crippen LogP contribution >= 0.6 is 23.5 Å². The molecule has 3 aliphatic rings. The van der Waals surface area contributed by atoms with Crippen LogP contribution < -0.4 is 5.32 Å². The van der Waals surface area contributed by atoms with Crippen molar-refractivity contribution in [3.63, 3.8) is 0 Å². The minimum atomic E-state index is -1.48. The van der Waals surface area contributed by atoms with Gasteiger partial charge in [-0.25, -0.2) is 4.79 Å². The highest BCUT2D eigenvalue weighted by molar-refractivity contribution is 8.00. The maximum absolute atomic E-state index is 14.7. The maximum Gasteiger partial charge on any atom is 0.410 e. The summed E-state index contributed by atoms with van der Waals surface area (Å²) in [4.78, 5) is 33.2. The Balaban J connectivity index is 1.42. The van der Waals surface area contributed by atoms with Gasteiger partial charge < -0.3 is 39.7 Å². The van der Waals surface area contributed by atoms with E-state index in [9.17, 15) is 24.9 Å². The fourth-order valence-electron chi connectivity index (χ4n) is 7.88. The van der Waals surface area contributed by atoms with Crippen LogP contribution in [0.1, 0.15) is 51.2 Å². The van der Waals surface area contributed by atoms with Gasteiger partial charge in [0, 0.05) is 35.8 Å². The van der Waals surface area contributed by atoms with Gasteiger partial charge in [0.05, 0.1) is 12.1 Å². The summed E-state index contributed by atoms with van der Waals surface area (Å²) in [5, 5.41) is 35.8. The summed E-state index contributed by atoms with van der Waals surface area (Å²) in [6.45, 7) is 8.17. The molecule has 0 spiro atoms. The van der Waals surface area contributed by atoms with E-state index < -0.39 is 60.0 Å². The van der Waals surface area contributed by atoms with Crippen LogP contribution in [0.3, 0.4) is 0 Å². The Morgan fingerprint density at radius 3 is 2.38 bits per heavy atom. The number of carbonyl (C=O) groups is 2. The van der Waals surface area contributed by atoms with E-state index in [1.165, 1.54) is 34.0 Å². The molecule has 0 aliphatic carbocycles. The molecule has 11 atom stereocenters. The molecule has 4 N–H and O–H groups in total. The minimum Gasteiger partial charge on any atom is -0.445 e. The van der Waals surface area contributed by atoms with Crippen molar-refractivity contribution in [3.8, 4) is 0 Å². The van der Waals surface area contributed by atoms with Crippen LogP contribution in [0, 0.1) is 17.8 Å². The van der Waals surface area contributed by atoms with Gasteiger partial charge in [0.15, 0.2) is 0 Å². The fourth-order valence-corrected chi connectivity index (χ4v) is 9.65. The molecule has 0 radical (unpaired) electrons. The number of fused-ring (bicyclic) bond motifs is 1. The van der Waals surface area contributed by atoms with Crippen molar-refractivity contribution in [2.24, 2.45) is 17.8 Å². The third-order valence-electron chi connectivity index (χ3n) is 10.6. The molecule has 3 heterocycles. The van der Waals surface area contributed by atoms with Crippen molar-refractivity contribution in [1.82, 2.24) is 15.1 Å². The number of benzene rings is 2. The minimum absolute atomic E-state index is 0.0631. The number of carbonyl (C=O) groups excluding carboxylic acids is 2. The van der Waals surface area contributed by atoms with E-state index in [0.29, 0.717) is 25.0 Å². The molecule has 0 saturated carbocycles. The van der Waals surface area contributed by atoms with Crippen molar-refractivity contribution in [2.75, 3.05) is 40.0 Å². The van der Waals surface area contributed by atoms with Crippen LogP contribution in [0.25, 0.3) is 0 Å². The molecule has 2 aromatic rings. The molecule has 294 valence electrons. The van der Waals surface area contributed by atoms with Gasteiger partial charge in [-0.1, -0.05) is 63.2 Å². The van der Waals surface area contributed by atoms with Crippen molar-refractivity contribution in [3.05, 3.63) is 65.7 Å². The van der Waals surface area contributed by atoms with E-state index >= 15 is 0 Å². The zero-order valence-corrected chi connectivity index (χ0v) is 33.5. The lowest BCUT2D eigenvalue weighted by atomic mass is 9.85. The highest BCUT2D eigenvalue weighted by Gasteiger charge is 2.53. The number of aliphatic hydroxyl groups is 3. The average molecular weight is 774 g/mol. The fraction of sp³-hybridized carbons (Fsp3) is 0.650. The Kier molecular flexibility index (Phi) is 15.4. The summed E-state index contributed by atoms with van der Waals surface area (Å²) < 4.78 is 18.5. The number of likely N-dealkylation sites (tertiary alicyclic amines) is 1. The first-order chi connectivity index (χ1) is 25.4. The Bertz CT molecular complexity index is 1450. The summed E-state index contributed by atoms with van der Waals surface area (Å²) in [6, 6.07) is 15.9. The van der Waals surface area contributed by atoms with Gasteiger partial charge in [0.2, 0.25) is 5.91 Å². The van der Waals surface area contributed by atoms with E-state index in [1.807, 2.05) is 63.5 Å². The molecule has 3 fully saturated rings. The lowest BCUT2D eigenvalue weighted by molar-refractivity contribution is -0.205. The predicted molar refractivity (Wildman–Crippen MR) is 209 cm³/mol. The van der Waals surface area contributed by atoms with E-state index in [-0.39, 0.29) is 17.8 Å². The normalized spacial score (nSPS) is 30.1. The molecule has 2 aromatic carbocycles. The number of hydrogen-bond acceptors (Lipinski definition) is 11. The molecule has 3 saturated heterocycles. The molecule has 53 heavy (non-hydrogen) atoms. The molecule has 11 nitrogen and oxygen atoms in total. The number of rotatable bonds is 14. The smallest absolute Gasteiger partial charge is 0.410 e. The number of thioether (sulfide) groups is 2. The van der Waals surface area contributed by atoms with Crippen molar-refractivity contribution >= 4 is 35.5 Å². The van der Waals surface area contributed by atoms with E-state index in [2.05, 4.69) is 36.2 Å². The first kappa shape index (κ1) is 41.8. The summed E-state index contributed by atoms with van der Waals surface area (Å²) >= 11 is 2.74. The lowest BCUT2D eigenvalue weighted by Gasteiger charge is -2.45. The van der Waals surface area contributed by atoms with Gasteiger partial charge in [0.25, 0.3) is 0 Å². The first-order valence-corrected chi connectivity index (χ1v) is 21.0. The van der Waals surface area contributed by atoms with Crippen molar-refractivity contribution in [1.29, 1.82) is 0 Å². The summed E-state index contributed by atoms with van der Waals surface area (Å²) in [5.41, 5.74) is 1.22. The summed E-state index contributed by atoms with van der Waals surface area (Å²) in [5.74, 6) is 0.422. The first-order valence-electron chi connectivity index (χ1n) is 18.9. The molecule has 13 heteroatoms. The van der Waals surface area contributed by atoms with Gasteiger partial charge in [-0.15, -0.1) is 23.5 Å². The number of ether oxygens (including phenoxy) is 3. The topological polar surface area (TPSA) is 141 Å². The highest BCUT2D eigenvalue weighted by Crippen LogP contribution is 2.39. The standard InChI is InChI=1S/C40H59N3O8S2/c1-24(2)20-28-17-19-49-36-29(21-28)22-43(40(48)50-23-27-10-8-7-9-11-27)32(36)38(47)41-31(37-34(45)33(44)35(46)39(51-37)52-6)25(3)53-30-14-12-26(13-15-30)16-18-42(4)5/h7-15,24-25,28-29,31-37,39,44-46H,16-23H2,1-6H3,(H,41,47)/t25-,28-,29-,31+,32?,33+,34?,35+,36+,37+,39?/m0/s1. The van der Waals surface area contributed by atoms with Crippen LogP contribution in [0.2, 0.25) is 0 Å². The summed E-state index contributed by atoms with van der Waals surface area (Å²) in [7, 11) is 4.09. The molecule has 2 amide bonds.